The van der Waals surface area contributed by atoms with Gasteiger partial charge in [-0.25, -0.2) is 4.68 Å². The van der Waals surface area contributed by atoms with Crippen molar-refractivity contribution in [2.45, 2.75) is 24.6 Å². The summed E-state index contributed by atoms with van der Waals surface area (Å²) in [5.74, 6) is -0.0353. The molecule has 0 spiro atoms. The normalized spacial score (nSPS) is 13.6. The molecule has 0 aliphatic heterocycles. The van der Waals surface area contributed by atoms with Crippen LogP contribution in [0.3, 0.4) is 0 Å². The lowest BCUT2D eigenvalue weighted by Crippen LogP contribution is -2.41. The molecule has 0 saturated carbocycles. The third-order valence-corrected chi connectivity index (χ3v) is 4.66. The molecule has 1 amide bonds. The molecule has 0 saturated heterocycles. The lowest BCUT2D eigenvalue weighted by Gasteiger charge is -2.21. The first kappa shape index (κ1) is 16.6. The number of carbonyl (C=O) groups is 1. The van der Waals surface area contributed by atoms with Gasteiger partial charge in [-0.05, 0) is 36.9 Å². The van der Waals surface area contributed by atoms with Gasteiger partial charge >= 0.3 is 0 Å². The molecule has 2 aromatic rings. The van der Waals surface area contributed by atoms with Crippen LogP contribution in [0.2, 0.25) is 0 Å². The number of carbonyl (C=O) groups excluding carboxylic acids is 1. The zero-order valence-corrected chi connectivity index (χ0v) is 13.6. The smallest absolute Gasteiger partial charge is 0.224 e. The maximum Gasteiger partial charge on any atom is 0.224 e. The van der Waals surface area contributed by atoms with Crippen molar-refractivity contribution in [3.63, 3.8) is 0 Å². The van der Waals surface area contributed by atoms with E-state index in [4.69, 9.17) is 0 Å². The molecule has 0 fully saturated rings. The average Bonchev–Trinajstić information content (AvgIpc) is 3.03. The molecule has 1 heterocycles. The molecule has 0 aliphatic rings. The summed E-state index contributed by atoms with van der Waals surface area (Å²) in [6.07, 6.45) is 5.86. The molecule has 5 nitrogen and oxygen atoms in total. The Balaban J connectivity index is 1.92. The number of hydrogen-bond acceptors (Lipinski definition) is 4. The summed E-state index contributed by atoms with van der Waals surface area (Å²) in [7, 11) is 0. The highest BCUT2D eigenvalue weighted by Gasteiger charge is 2.17. The summed E-state index contributed by atoms with van der Waals surface area (Å²) < 4.78 is 1.77. The first-order valence-electron chi connectivity index (χ1n) is 7.16. The number of nitrogens with one attached hydrogen (secondary N) is 1. The number of thioether (sulfide) groups is 1. The summed E-state index contributed by atoms with van der Waals surface area (Å²) >= 11 is 1.55. The van der Waals surface area contributed by atoms with E-state index in [1.807, 2.05) is 49.7 Å². The van der Waals surface area contributed by atoms with Gasteiger partial charge in [0.25, 0.3) is 0 Å². The van der Waals surface area contributed by atoms with Gasteiger partial charge in [0.05, 0.1) is 18.7 Å². The molecule has 1 aromatic carbocycles. The van der Waals surface area contributed by atoms with E-state index in [9.17, 15) is 9.90 Å². The standard InChI is InChI=1S/C16H21N3O2S/c1-12(15(11-20)22-2)18-16(21)10-13-4-6-14(7-5-13)19-9-3-8-17-19/h3-9,12,15,20H,10-11H2,1-2H3,(H,18,21). The van der Waals surface area contributed by atoms with Gasteiger partial charge in [-0.15, -0.1) is 0 Å². The van der Waals surface area contributed by atoms with Crippen molar-refractivity contribution < 1.29 is 9.90 Å². The fraction of sp³-hybridized carbons (Fsp3) is 0.375. The highest BCUT2D eigenvalue weighted by molar-refractivity contribution is 7.99. The second-order valence-corrected chi connectivity index (χ2v) is 6.18. The van der Waals surface area contributed by atoms with E-state index in [1.54, 1.807) is 22.6 Å². The molecule has 0 bridgehead atoms. The minimum absolute atomic E-state index is 0.0196. The van der Waals surface area contributed by atoms with Crippen molar-refractivity contribution >= 4 is 17.7 Å². The molecular formula is C16H21N3O2S. The van der Waals surface area contributed by atoms with Gasteiger partial charge in [-0.1, -0.05) is 12.1 Å². The van der Waals surface area contributed by atoms with Gasteiger partial charge < -0.3 is 10.4 Å². The van der Waals surface area contributed by atoms with Crippen LogP contribution in [0, 0.1) is 0 Å². The Hall–Kier alpha value is -1.79. The summed E-state index contributed by atoms with van der Waals surface area (Å²) in [5.41, 5.74) is 1.91. The van der Waals surface area contributed by atoms with Gasteiger partial charge in [0.2, 0.25) is 5.91 Å². The van der Waals surface area contributed by atoms with Crippen LogP contribution in [-0.4, -0.2) is 44.9 Å². The van der Waals surface area contributed by atoms with Gasteiger partial charge in [-0.3, -0.25) is 4.79 Å². The molecular weight excluding hydrogens is 298 g/mol. The van der Waals surface area contributed by atoms with Crippen molar-refractivity contribution in [1.29, 1.82) is 0 Å². The zero-order valence-electron chi connectivity index (χ0n) is 12.8. The Bertz CT molecular complexity index is 580. The largest absolute Gasteiger partial charge is 0.395 e. The van der Waals surface area contributed by atoms with E-state index >= 15 is 0 Å². The minimum atomic E-state index is -0.0594. The predicted octanol–water partition coefficient (Wildman–Crippen LogP) is 1.64. The maximum absolute atomic E-state index is 12.1. The Morgan fingerprint density at radius 2 is 2.14 bits per heavy atom. The van der Waals surface area contributed by atoms with Crippen molar-refractivity contribution in [2.24, 2.45) is 0 Å². The summed E-state index contributed by atoms with van der Waals surface area (Å²) in [6.45, 7) is 1.97. The average molecular weight is 319 g/mol. The minimum Gasteiger partial charge on any atom is -0.395 e. The Labute approximate surface area is 134 Å². The monoisotopic (exact) mass is 319 g/mol. The van der Waals surface area contributed by atoms with Crippen molar-refractivity contribution in [1.82, 2.24) is 15.1 Å². The number of rotatable bonds is 7. The van der Waals surface area contributed by atoms with E-state index < -0.39 is 0 Å². The summed E-state index contributed by atoms with van der Waals surface area (Å²) in [4.78, 5) is 12.1. The second kappa shape index (κ2) is 8.00. The molecule has 118 valence electrons. The lowest BCUT2D eigenvalue weighted by molar-refractivity contribution is -0.121. The Morgan fingerprint density at radius 1 is 1.41 bits per heavy atom. The van der Waals surface area contributed by atoms with Crippen LogP contribution in [0.4, 0.5) is 0 Å². The number of benzene rings is 1. The quantitative estimate of drug-likeness (QED) is 0.814. The van der Waals surface area contributed by atoms with Gasteiger partial charge in [0, 0.05) is 23.7 Å². The van der Waals surface area contributed by atoms with Crippen LogP contribution >= 0.6 is 11.8 Å². The van der Waals surface area contributed by atoms with E-state index in [-0.39, 0.29) is 23.8 Å². The molecule has 0 aliphatic carbocycles. The molecule has 2 atom stereocenters. The highest BCUT2D eigenvalue weighted by Crippen LogP contribution is 2.12. The van der Waals surface area contributed by atoms with Crippen LogP contribution in [0.15, 0.2) is 42.7 Å². The van der Waals surface area contributed by atoms with Gasteiger partial charge in [0.1, 0.15) is 0 Å². The van der Waals surface area contributed by atoms with Gasteiger partial charge in [0.15, 0.2) is 0 Å². The SMILES string of the molecule is CSC(CO)C(C)NC(=O)Cc1ccc(-n2cccn2)cc1. The van der Waals surface area contributed by atoms with Crippen LogP contribution in [-0.2, 0) is 11.2 Å². The third kappa shape index (κ3) is 4.35. The maximum atomic E-state index is 12.1. The number of aromatic nitrogens is 2. The highest BCUT2D eigenvalue weighted by atomic mass is 32.2. The van der Waals surface area contributed by atoms with Crippen LogP contribution < -0.4 is 5.32 Å². The number of nitrogens with zero attached hydrogens (tertiary/aromatic N) is 2. The van der Waals surface area contributed by atoms with E-state index in [2.05, 4.69) is 10.4 Å². The van der Waals surface area contributed by atoms with E-state index in [0.29, 0.717) is 6.42 Å². The predicted molar refractivity (Wildman–Crippen MR) is 89.3 cm³/mol. The first-order chi connectivity index (χ1) is 10.6. The summed E-state index contributed by atoms with van der Waals surface area (Å²) in [5, 5.41) is 16.4. The molecule has 2 N–H and O–H groups in total. The van der Waals surface area contributed by atoms with E-state index in [0.717, 1.165) is 11.3 Å². The van der Waals surface area contributed by atoms with Crippen LogP contribution in [0.25, 0.3) is 5.69 Å². The molecule has 22 heavy (non-hydrogen) atoms. The van der Waals surface area contributed by atoms with Crippen molar-refractivity contribution in [3.05, 3.63) is 48.3 Å². The molecule has 0 radical (unpaired) electrons. The van der Waals surface area contributed by atoms with Crippen LogP contribution in [0.1, 0.15) is 12.5 Å². The fourth-order valence-corrected chi connectivity index (χ4v) is 2.83. The third-order valence-electron chi connectivity index (χ3n) is 3.50. The first-order valence-corrected chi connectivity index (χ1v) is 8.44. The molecule has 1 aromatic heterocycles. The van der Waals surface area contributed by atoms with Crippen molar-refractivity contribution in [2.75, 3.05) is 12.9 Å². The van der Waals surface area contributed by atoms with Gasteiger partial charge in [-0.2, -0.15) is 16.9 Å². The fourth-order valence-electron chi connectivity index (χ4n) is 2.21. The van der Waals surface area contributed by atoms with Crippen molar-refractivity contribution in [3.8, 4) is 5.69 Å². The topological polar surface area (TPSA) is 67.2 Å². The van der Waals surface area contributed by atoms with Crippen LogP contribution in [0.5, 0.6) is 0 Å². The number of hydrogen-bond donors (Lipinski definition) is 2. The number of aliphatic hydroxyl groups excluding tert-OH is 1. The summed E-state index contributed by atoms with van der Waals surface area (Å²) in [6, 6.07) is 9.55. The molecule has 2 rings (SSSR count). The van der Waals surface area contributed by atoms with E-state index in [1.165, 1.54) is 0 Å². The molecule has 6 heteroatoms. The number of aliphatic hydroxyl groups is 1. The second-order valence-electron chi connectivity index (χ2n) is 5.11. The zero-order chi connectivity index (χ0) is 15.9. The lowest BCUT2D eigenvalue weighted by atomic mass is 10.1. The Morgan fingerprint density at radius 3 is 2.68 bits per heavy atom. The Kier molecular flexibility index (Phi) is 6.03. The number of amides is 1. The molecule has 2 unspecified atom stereocenters.